The molecular weight excluding hydrogens is 296 g/mol. The Bertz CT molecular complexity index is 393. The highest BCUT2D eigenvalue weighted by Gasteiger charge is 2.04. The number of phenols is 2. The summed E-state index contributed by atoms with van der Waals surface area (Å²) in [6.07, 6.45) is 14.9. The molecule has 126 valence electrons. The van der Waals surface area contributed by atoms with E-state index >= 15 is 0 Å². The number of phenolic OH excluding ortho intramolecular Hbond substituents is 2. The van der Waals surface area contributed by atoms with E-state index in [4.69, 9.17) is 11.6 Å². The van der Waals surface area contributed by atoms with E-state index in [1.54, 1.807) is 6.07 Å². The van der Waals surface area contributed by atoms with Gasteiger partial charge >= 0.3 is 0 Å². The standard InChI is InChI=1S/C19H31ClO2/c20-16-11-9-7-5-3-1-2-4-6-8-10-13-17-14-12-15-18(21)19(17)22/h12,14-15,21-22H,1-11,13,16H2. The fourth-order valence-electron chi connectivity index (χ4n) is 2.78. The van der Waals surface area contributed by atoms with E-state index in [2.05, 4.69) is 0 Å². The molecule has 0 fully saturated rings. The first kappa shape index (κ1) is 19.2. The molecule has 0 unspecified atom stereocenters. The molecule has 3 heteroatoms. The van der Waals surface area contributed by atoms with Crippen LogP contribution in [0, 0.1) is 0 Å². The van der Waals surface area contributed by atoms with Gasteiger partial charge in [-0.15, -0.1) is 11.6 Å². The van der Waals surface area contributed by atoms with Gasteiger partial charge in [0, 0.05) is 5.88 Å². The van der Waals surface area contributed by atoms with E-state index in [0.717, 1.165) is 30.7 Å². The molecule has 22 heavy (non-hydrogen) atoms. The molecule has 1 aromatic carbocycles. The molecule has 0 radical (unpaired) electrons. The molecule has 0 aliphatic heterocycles. The number of benzene rings is 1. The molecule has 0 spiro atoms. The maximum absolute atomic E-state index is 9.72. The predicted molar refractivity (Wildman–Crippen MR) is 95.0 cm³/mol. The number of aryl methyl sites for hydroxylation is 1. The van der Waals surface area contributed by atoms with Crippen LogP contribution in [0.15, 0.2) is 18.2 Å². The van der Waals surface area contributed by atoms with Crippen LogP contribution in [0.4, 0.5) is 0 Å². The number of halogens is 1. The van der Waals surface area contributed by atoms with Gasteiger partial charge in [-0.3, -0.25) is 0 Å². The number of rotatable bonds is 13. The van der Waals surface area contributed by atoms with Gasteiger partial charge in [0.25, 0.3) is 0 Å². The van der Waals surface area contributed by atoms with Crippen LogP contribution >= 0.6 is 11.6 Å². The summed E-state index contributed by atoms with van der Waals surface area (Å²) >= 11 is 5.65. The lowest BCUT2D eigenvalue weighted by atomic mass is 10.0. The molecule has 2 nitrogen and oxygen atoms in total. The van der Waals surface area contributed by atoms with Crippen molar-refractivity contribution in [3.8, 4) is 11.5 Å². The molecule has 0 heterocycles. The SMILES string of the molecule is Oc1cccc(CCCCCCCCCCCCCCl)c1O. The van der Waals surface area contributed by atoms with Crippen molar-refractivity contribution in [2.24, 2.45) is 0 Å². The topological polar surface area (TPSA) is 40.5 Å². The molecule has 2 N–H and O–H groups in total. The Morgan fingerprint density at radius 1 is 0.682 bits per heavy atom. The van der Waals surface area contributed by atoms with Crippen molar-refractivity contribution in [1.29, 1.82) is 0 Å². The molecule has 0 aliphatic carbocycles. The second-order valence-corrected chi connectivity index (χ2v) is 6.49. The lowest BCUT2D eigenvalue weighted by Crippen LogP contribution is -1.88. The summed E-state index contributed by atoms with van der Waals surface area (Å²) in [5.41, 5.74) is 0.858. The Kier molecular flexibility index (Phi) is 11.0. The Hall–Kier alpha value is -0.890. The van der Waals surface area contributed by atoms with E-state index in [1.807, 2.05) is 6.07 Å². The molecule has 0 saturated carbocycles. The Morgan fingerprint density at radius 3 is 1.73 bits per heavy atom. The minimum atomic E-state index is -0.0106. The second-order valence-electron chi connectivity index (χ2n) is 6.11. The largest absolute Gasteiger partial charge is 0.504 e. The molecule has 0 aliphatic rings. The fourth-order valence-corrected chi connectivity index (χ4v) is 2.97. The summed E-state index contributed by atoms with van der Waals surface area (Å²) < 4.78 is 0. The zero-order valence-electron chi connectivity index (χ0n) is 13.7. The second kappa shape index (κ2) is 12.6. The van der Waals surface area contributed by atoms with E-state index in [-0.39, 0.29) is 11.5 Å². The van der Waals surface area contributed by atoms with Crippen molar-refractivity contribution >= 4 is 11.6 Å². The third-order valence-corrected chi connectivity index (χ3v) is 4.45. The Labute approximate surface area is 140 Å². The third-order valence-electron chi connectivity index (χ3n) is 4.18. The van der Waals surface area contributed by atoms with Crippen LogP contribution in [0.2, 0.25) is 0 Å². The molecule has 0 saturated heterocycles. The third kappa shape index (κ3) is 8.53. The van der Waals surface area contributed by atoms with Crippen LogP contribution in [0.5, 0.6) is 11.5 Å². The quantitative estimate of drug-likeness (QED) is 0.258. The maximum atomic E-state index is 9.72. The molecule has 0 aromatic heterocycles. The zero-order chi connectivity index (χ0) is 16.0. The normalized spacial score (nSPS) is 11.0. The maximum Gasteiger partial charge on any atom is 0.160 e. The highest BCUT2D eigenvalue weighted by Crippen LogP contribution is 2.29. The summed E-state index contributed by atoms with van der Waals surface area (Å²) in [4.78, 5) is 0. The molecule has 0 bridgehead atoms. The number of alkyl halides is 1. The van der Waals surface area contributed by atoms with E-state index in [9.17, 15) is 10.2 Å². The number of hydrogen-bond acceptors (Lipinski definition) is 2. The van der Waals surface area contributed by atoms with Crippen LogP contribution in [0.25, 0.3) is 0 Å². The summed E-state index contributed by atoms with van der Waals surface area (Å²) in [5, 5.41) is 19.2. The van der Waals surface area contributed by atoms with Crippen LogP contribution in [-0.4, -0.2) is 16.1 Å². The predicted octanol–water partition coefficient (Wildman–Crippen LogP) is 6.17. The first-order chi connectivity index (χ1) is 10.8. The van der Waals surface area contributed by atoms with Crippen molar-refractivity contribution in [1.82, 2.24) is 0 Å². The molecule has 1 rings (SSSR count). The first-order valence-electron chi connectivity index (χ1n) is 8.81. The van der Waals surface area contributed by atoms with Gasteiger partial charge in [-0.25, -0.2) is 0 Å². The first-order valence-corrected chi connectivity index (χ1v) is 9.35. The van der Waals surface area contributed by atoms with E-state index in [0.29, 0.717) is 0 Å². The summed E-state index contributed by atoms with van der Waals surface area (Å²) in [6, 6.07) is 5.20. The lowest BCUT2D eigenvalue weighted by molar-refractivity contribution is 0.398. The number of unbranched alkanes of at least 4 members (excludes halogenated alkanes) is 10. The van der Waals surface area contributed by atoms with Crippen molar-refractivity contribution in [2.75, 3.05) is 5.88 Å². The highest BCUT2D eigenvalue weighted by molar-refractivity contribution is 6.17. The smallest absolute Gasteiger partial charge is 0.160 e. The van der Waals surface area contributed by atoms with Crippen LogP contribution in [0.1, 0.15) is 76.2 Å². The average Bonchev–Trinajstić information content (AvgIpc) is 2.52. The minimum Gasteiger partial charge on any atom is -0.504 e. The zero-order valence-corrected chi connectivity index (χ0v) is 14.5. The highest BCUT2D eigenvalue weighted by atomic mass is 35.5. The van der Waals surface area contributed by atoms with Gasteiger partial charge in [0.1, 0.15) is 0 Å². The van der Waals surface area contributed by atoms with Crippen molar-refractivity contribution in [3.63, 3.8) is 0 Å². The lowest BCUT2D eigenvalue weighted by Gasteiger charge is -2.06. The van der Waals surface area contributed by atoms with Crippen molar-refractivity contribution in [2.45, 2.75) is 77.0 Å². The minimum absolute atomic E-state index is 0.0106. The summed E-state index contributed by atoms with van der Waals surface area (Å²) in [5.74, 6) is 0.848. The Balaban J connectivity index is 1.90. The van der Waals surface area contributed by atoms with Gasteiger partial charge in [0.15, 0.2) is 11.5 Å². The van der Waals surface area contributed by atoms with Crippen molar-refractivity contribution in [3.05, 3.63) is 23.8 Å². The van der Waals surface area contributed by atoms with Gasteiger partial charge in [-0.2, -0.15) is 0 Å². The summed E-state index contributed by atoms with van der Waals surface area (Å²) in [6.45, 7) is 0. The molecule has 1 aromatic rings. The van der Waals surface area contributed by atoms with Gasteiger partial charge < -0.3 is 10.2 Å². The van der Waals surface area contributed by atoms with E-state index < -0.39 is 0 Å². The average molecular weight is 327 g/mol. The van der Waals surface area contributed by atoms with Gasteiger partial charge in [-0.1, -0.05) is 69.9 Å². The number of para-hydroxylation sites is 1. The van der Waals surface area contributed by atoms with Crippen molar-refractivity contribution < 1.29 is 10.2 Å². The van der Waals surface area contributed by atoms with Gasteiger partial charge in [0.05, 0.1) is 0 Å². The van der Waals surface area contributed by atoms with E-state index in [1.165, 1.54) is 63.9 Å². The van der Waals surface area contributed by atoms with Gasteiger partial charge in [0.2, 0.25) is 0 Å². The molecule has 0 atom stereocenters. The fraction of sp³-hybridized carbons (Fsp3) is 0.684. The Morgan fingerprint density at radius 2 is 1.18 bits per heavy atom. The van der Waals surface area contributed by atoms with Crippen LogP contribution < -0.4 is 0 Å². The van der Waals surface area contributed by atoms with Crippen LogP contribution in [0.3, 0.4) is 0 Å². The number of aromatic hydroxyl groups is 2. The molecular formula is C19H31ClO2. The number of hydrogen-bond donors (Lipinski definition) is 2. The molecule has 0 amide bonds. The monoisotopic (exact) mass is 326 g/mol. The van der Waals surface area contributed by atoms with Gasteiger partial charge in [-0.05, 0) is 30.9 Å². The van der Waals surface area contributed by atoms with Crippen LogP contribution in [-0.2, 0) is 6.42 Å². The summed E-state index contributed by atoms with van der Waals surface area (Å²) in [7, 11) is 0.